The number of anilines is 4. The van der Waals surface area contributed by atoms with Crippen molar-refractivity contribution in [2.24, 2.45) is 5.10 Å². The Morgan fingerprint density at radius 3 is 2.31 bits per heavy atom. The van der Waals surface area contributed by atoms with E-state index in [1.165, 1.54) is 29.7 Å². The molecule has 35 heavy (non-hydrogen) atoms. The molecular formula is C22H17ClN6O4S2. The molecule has 3 N–H and O–H groups in total. The number of halogens is 1. The molecule has 0 saturated carbocycles. The van der Waals surface area contributed by atoms with Crippen molar-refractivity contribution in [1.29, 1.82) is 0 Å². The molecule has 178 valence electrons. The number of nitrogens with one attached hydrogen (secondary N) is 3. The van der Waals surface area contributed by atoms with Crippen molar-refractivity contribution in [1.82, 2.24) is 4.98 Å². The van der Waals surface area contributed by atoms with Crippen LogP contribution in [0.15, 0.2) is 88.9 Å². The summed E-state index contributed by atoms with van der Waals surface area (Å²) in [5.41, 5.74) is 3.30. The number of rotatable bonds is 9. The van der Waals surface area contributed by atoms with Crippen LogP contribution in [0.25, 0.3) is 0 Å². The maximum absolute atomic E-state index is 12.6. The summed E-state index contributed by atoms with van der Waals surface area (Å²) in [4.78, 5) is 15.4. The van der Waals surface area contributed by atoms with Gasteiger partial charge in [-0.3, -0.25) is 20.3 Å². The summed E-state index contributed by atoms with van der Waals surface area (Å²) < 4.78 is 27.7. The zero-order chi connectivity index (χ0) is 24.8. The average molecular weight is 529 g/mol. The highest BCUT2D eigenvalue weighted by Crippen LogP contribution is 2.30. The summed E-state index contributed by atoms with van der Waals surface area (Å²) in [6.45, 7) is 0. The van der Waals surface area contributed by atoms with Crippen LogP contribution in [0.3, 0.4) is 0 Å². The monoisotopic (exact) mass is 528 g/mol. The fourth-order valence-corrected chi connectivity index (χ4v) is 5.02. The SMILES string of the molecule is O=[N+]([O-])c1cc(S(=O)(=O)Nc2ccccc2)ccc1N/N=C/c1sc(Nc2ccccc2)nc1Cl. The van der Waals surface area contributed by atoms with Gasteiger partial charge in [0.1, 0.15) is 5.69 Å². The quantitative estimate of drug-likeness (QED) is 0.144. The molecule has 0 aliphatic carbocycles. The van der Waals surface area contributed by atoms with Crippen molar-refractivity contribution in [2.45, 2.75) is 4.90 Å². The molecule has 0 fully saturated rings. The average Bonchev–Trinajstić information content (AvgIpc) is 3.18. The summed E-state index contributed by atoms with van der Waals surface area (Å²) in [5, 5.41) is 19.5. The first kappa shape index (κ1) is 24.1. The largest absolute Gasteiger partial charge is 0.331 e. The number of nitro benzene ring substituents is 1. The Kier molecular flexibility index (Phi) is 7.25. The van der Waals surface area contributed by atoms with Crippen molar-refractivity contribution >= 4 is 67.1 Å². The zero-order valence-corrected chi connectivity index (χ0v) is 20.1. The van der Waals surface area contributed by atoms with Gasteiger partial charge in [0.15, 0.2) is 10.3 Å². The maximum atomic E-state index is 12.6. The van der Waals surface area contributed by atoms with Crippen LogP contribution in [-0.2, 0) is 10.0 Å². The molecule has 10 nitrogen and oxygen atoms in total. The van der Waals surface area contributed by atoms with Crippen molar-refractivity contribution in [3.8, 4) is 0 Å². The molecule has 13 heteroatoms. The third-order valence-corrected chi connectivity index (χ3v) is 7.19. The summed E-state index contributed by atoms with van der Waals surface area (Å²) in [6.07, 6.45) is 1.38. The van der Waals surface area contributed by atoms with Crippen molar-refractivity contribution in [3.63, 3.8) is 0 Å². The topological polar surface area (TPSA) is 139 Å². The van der Waals surface area contributed by atoms with E-state index in [0.29, 0.717) is 15.7 Å². The highest BCUT2D eigenvalue weighted by Gasteiger charge is 2.21. The number of nitrogens with zero attached hydrogens (tertiary/aromatic N) is 3. The van der Waals surface area contributed by atoms with Crippen LogP contribution >= 0.6 is 22.9 Å². The summed E-state index contributed by atoms with van der Waals surface area (Å²) >= 11 is 7.41. The Morgan fingerprint density at radius 1 is 1.00 bits per heavy atom. The van der Waals surface area contributed by atoms with E-state index < -0.39 is 20.6 Å². The van der Waals surface area contributed by atoms with Gasteiger partial charge in [0.2, 0.25) is 0 Å². The lowest BCUT2D eigenvalue weighted by Gasteiger charge is -2.09. The molecule has 0 unspecified atom stereocenters. The molecule has 4 aromatic rings. The summed E-state index contributed by atoms with van der Waals surface area (Å²) in [5.74, 6) is 0. The molecule has 4 rings (SSSR count). The number of thiazole rings is 1. The minimum absolute atomic E-state index is 0.00758. The highest BCUT2D eigenvalue weighted by molar-refractivity contribution is 7.92. The summed E-state index contributed by atoms with van der Waals surface area (Å²) in [7, 11) is -4.03. The van der Waals surface area contributed by atoms with Crippen LogP contribution in [0.1, 0.15) is 4.88 Å². The Labute approximate surface area is 209 Å². The van der Waals surface area contributed by atoms with E-state index in [0.717, 1.165) is 11.8 Å². The van der Waals surface area contributed by atoms with E-state index in [4.69, 9.17) is 11.6 Å². The number of hydrogen-bond donors (Lipinski definition) is 3. The van der Waals surface area contributed by atoms with Gasteiger partial charge >= 0.3 is 0 Å². The van der Waals surface area contributed by atoms with Gasteiger partial charge in [-0.2, -0.15) is 5.10 Å². The second kappa shape index (κ2) is 10.5. The predicted molar refractivity (Wildman–Crippen MR) is 138 cm³/mol. The third-order valence-electron chi connectivity index (χ3n) is 4.50. The predicted octanol–water partition coefficient (Wildman–Crippen LogP) is 5.70. The molecule has 1 aromatic heterocycles. The molecule has 0 bridgehead atoms. The van der Waals surface area contributed by atoms with Gasteiger partial charge in [-0.05, 0) is 36.4 Å². The van der Waals surface area contributed by atoms with E-state index in [1.54, 1.807) is 30.3 Å². The van der Waals surface area contributed by atoms with Crippen LogP contribution < -0.4 is 15.5 Å². The minimum atomic E-state index is -4.03. The fraction of sp³-hybridized carbons (Fsp3) is 0. The van der Waals surface area contributed by atoms with Gasteiger partial charge in [-0.1, -0.05) is 59.3 Å². The number of sulfonamides is 1. The second-order valence-corrected chi connectivity index (χ2v) is 10.0. The minimum Gasteiger partial charge on any atom is -0.331 e. The van der Waals surface area contributed by atoms with Crippen LogP contribution in [0, 0.1) is 10.1 Å². The number of nitro groups is 1. The molecule has 1 heterocycles. The van der Waals surface area contributed by atoms with Crippen molar-refractivity contribution in [2.75, 3.05) is 15.5 Å². The fourth-order valence-electron chi connectivity index (χ4n) is 2.90. The van der Waals surface area contributed by atoms with E-state index in [2.05, 4.69) is 25.6 Å². The van der Waals surface area contributed by atoms with Crippen molar-refractivity contribution < 1.29 is 13.3 Å². The van der Waals surface area contributed by atoms with Crippen LogP contribution in [0.4, 0.5) is 27.9 Å². The first-order chi connectivity index (χ1) is 16.8. The smallest absolute Gasteiger partial charge is 0.295 e. The van der Waals surface area contributed by atoms with Crippen LogP contribution in [0.5, 0.6) is 0 Å². The first-order valence-corrected chi connectivity index (χ1v) is 12.6. The van der Waals surface area contributed by atoms with E-state index in [-0.39, 0.29) is 15.7 Å². The zero-order valence-electron chi connectivity index (χ0n) is 17.8. The van der Waals surface area contributed by atoms with Gasteiger partial charge in [-0.15, -0.1) is 0 Å². The Hall–Kier alpha value is -4.00. The molecule has 0 spiro atoms. The lowest BCUT2D eigenvalue weighted by molar-refractivity contribution is -0.384. The summed E-state index contributed by atoms with van der Waals surface area (Å²) in [6, 6.07) is 21.1. The Morgan fingerprint density at radius 2 is 1.66 bits per heavy atom. The normalized spacial score (nSPS) is 11.3. The van der Waals surface area contributed by atoms with Crippen LogP contribution in [-0.4, -0.2) is 24.5 Å². The number of para-hydroxylation sites is 2. The van der Waals surface area contributed by atoms with Gasteiger partial charge in [0.05, 0.1) is 20.9 Å². The van der Waals surface area contributed by atoms with Gasteiger partial charge in [0, 0.05) is 17.4 Å². The Bertz CT molecular complexity index is 1480. The number of aromatic nitrogens is 1. The first-order valence-electron chi connectivity index (χ1n) is 9.95. The standard InChI is InChI=1S/C22H17ClN6O4S2/c23-21-20(34-22(26-21)25-15-7-3-1-4-8-15)14-24-27-18-12-11-17(13-19(18)29(30)31)35(32,33)28-16-9-5-2-6-10-16/h1-14,27-28H,(H,25,26)/b24-14+. The number of hydrogen-bond acceptors (Lipinski definition) is 9. The van der Waals surface area contributed by atoms with Gasteiger partial charge < -0.3 is 5.32 Å². The lowest BCUT2D eigenvalue weighted by atomic mass is 10.3. The second-order valence-electron chi connectivity index (χ2n) is 6.94. The third kappa shape index (κ3) is 6.12. The van der Waals surface area contributed by atoms with E-state index in [1.807, 2.05) is 30.3 Å². The van der Waals surface area contributed by atoms with Gasteiger partial charge in [-0.25, -0.2) is 13.4 Å². The van der Waals surface area contributed by atoms with Gasteiger partial charge in [0.25, 0.3) is 15.7 Å². The molecule has 0 aliphatic heterocycles. The Balaban J connectivity index is 1.50. The van der Waals surface area contributed by atoms with Crippen LogP contribution in [0.2, 0.25) is 5.15 Å². The molecule has 0 atom stereocenters. The molecule has 0 radical (unpaired) electrons. The lowest BCUT2D eigenvalue weighted by Crippen LogP contribution is -2.13. The number of benzene rings is 3. The number of hydrazone groups is 1. The molecule has 0 aliphatic rings. The molecule has 0 saturated heterocycles. The maximum Gasteiger partial charge on any atom is 0.295 e. The molecule has 3 aromatic carbocycles. The van der Waals surface area contributed by atoms with E-state index in [9.17, 15) is 18.5 Å². The van der Waals surface area contributed by atoms with E-state index >= 15 is 0 Å². The van der Waals surface area contributed by atoms with Crippen molar-refractivity contribution in [3.05, 3.63) is 99.0 Å². The molecular weight excluding hydrogens is 512 g/mol. The molecule has 0 amide bonds. The highest BCUT2D eigenvalue weighted by atomic mass is 35.5.